The molecular weight excluding hydrogens is 420 g/mol. The highest BCUT2D eigenvalue weighted by Crippen LogP contribution is 2.28. The summed E-state index contributed by atoms with van der Waals surface area (Å²) < 4.78 is 27.6. The number of aryl methyl sites for hydroxylation is 1. The SMILES string of the molecule is Cc1ccc(S(=O)(=O)N2CCCC(C(=O)NCc3ccnc(N4CCCC4)c3)C2)s1. The predicted molar refractivity (Wildman–Crippen MR) is 118 cm³/mol. The van der Waals surface area contributed by atoms with Gasteiger partial charge in [-0.05, 0) is 62.4 Å². The lowest BCUT2D eigenvalue weighted by atomic mass is 9.99. The lowest BCUT2D eigenvalue weighted by molar-refractivity contribution is -0.126. The third-order valence-corrected chi connectivity index (χ3v) is 9.10. The summed E-state index contributed by atoms with van der Waals surface area (Å²) in [6, 6.07) is 7.41. The Bertz CT molecular complexity index is 999. The summed E-state index contributed by atoms with van der Waals surface area (Å²) >= 11 is 1.28. The normalized spacial score (nSPS) is 20.4. The minimum atomic E-state index is -3.53. The van der Waals surface area contributed by atoms with Gasteiger partial charge in [-0.1, -0.05) is 0 Å². The standard InChI is InChI=1S/C21H28N4O3S2/c1-16-6-7-20(29-16)30(27,28)25-12-4-5-18(15-25)21(26)23-14-17-8-9-22-19(13-17)24-10-2-3-11-24/h6-9,13,18H,2-5,10-12,14-15H2,1H3,(H,23,26). The van der Waals surface area contributed by atoms with Gasteiger partial charge in [0.15, 0.2) is 0 Å². The molecule has 2 aromatic heterocycles. The van der Waals surface area contributed by atoms with Gasteiger partial charge in [-0.2, -0.15) is 4.31 Å². The summed E-state index contributed by atoms with van der Waals surface area (Å²) in [5.74, 6) is 0.548. The highest BCUT2D eigenvalue weighted by Gasteiger charge is 2.33. The van der Waals surface area contributed by atoms with Gasteiger partial charge in [0.2, 0.25) is 5.91 Å². The van der Waals surface area contributed by atoms with Gasteiger partial charge in [0.25, 0.3) is 10.0 Å². The molecule has 4 heterocycles. The van der Waals surface area contributed by atoms with Crippen LogP contribution in [0.3, 0.4) is 0 Å². The zero-order valence-corrected chi connectivity index (χ0v) is 18.8. The lowest BCUT2D eigenvalue weighted by Gasteiger charge is -2.30. The first-order valence-electron chi connectivity index (χ1n) is 10.5. The van der Waals surface area contributed by atoms with Crippen LogP contribution in [0.25, 0.3) is 0 Å². The number of rotatable bonds is 6. The molecule has 0 bridgehead atoms. The van der Waals surface area contributed by atoms with Crippen molar-refractivity contribution in [2.75, 3.05) is 31.1 Å². The average Bonchev–Trinajstić information content (AvgIpc) is 3.45. The second kappa shape index (κ2) is 9.03. The fourth-order valence-electron chi connectivity index (χ4n) is 4.08. The lowest BCUT2D eigenvalue weighted by Crippen LogP contribution is -2.45. The van der Waals surface area contributed by atoms with Crippen LogP contribution in [0, 0.1) is 12.8 Å². The van der Waals surface area contributed by atoms with Crippen molar-refractivity contribution < 1.29 is 13.2 Å². The quantitative estimate of drug-likeness (QED) is 0.735. The number of thiophene rings is 1. The Balaban J connectivity index is 1.36. The van der Waals surface area contributed by atoms with Crippen LogP contribution in [0.4, 0.5) is 5.82 Å². The van der Waals surface area contributed by atoms with Crippen molar-refractivity contribution in [2.24, 2.45) is 5.92 Å². The largest absolute Gasteiger partial charge is 0.357 e. The van der Waals surface area contributed by atoms with Crippen molar-refractivity contribution in [1.29, 1.82) is 0 Å². The Morgan fingerprint density at radius 2 is 2.00 bits per heavy atom. The Morgan fingerprint density at radius 3 is 2.73 bits per heavy atom. The van der Waals surface area contributed by atoms with Crippen LogP contribution >= 0.6 is 11.3 Å². The number of carbonyl (C=O) groups excluding carboxylic acids is 1. The van der Waals surface area contributed by atoms with E-state index in [0.29, 0.717) is 30.1 Å². The third kappa shape index (κ3) is 4.68. The van der Waals surface area contributed by atoms with Crippen LogP contribution in [-0.2, 0) is 21.4 Å². The summed E-state index contributed by atoms with van der Waals surface area (Å²) in [4.78, 5) is 20.4. The molecule has 2 saturated heterocycles. The van der Waals surface area contributed by atoms with Crippen molar-refractivity contribution >= 4 is 33.1 Å². The summed E-state index contributed by atoms with van der Waals surface area (Å²) in [6.07, 6.45) is 5.56. The molecule has 1 unspecified atom stereocenters. The molecule has 0 aromatic carbocycles. The maximum atomic E-state index is 12.9. The van der Waals surface area contributed by atoms with E-state index in [2.05, 4.69) is 15.2 Å². The molecule has 0 saturated carbocycles. The fourth-order valence-corrected chi connectivity index (χ4v) is 7.04. The van der Waals surface area contributed by atoms with Crippen molar-refractivity contribution in [2.45, 2.75) is 43.4 Å². The first-order valence-corrected chi connectivity index (χ1v) is 12.7. The smallest absolute Gasteiger partial charge is 0.252 e. The van der Waals surface area contributed by atoms with E-state index in [0.717, 1.165) is 29.3 Å². The average molecular weight is 449 g/mol. The molecule has 1 N–H and O–H groups in total. The van der Waals surface area contributed by atoms with Crippen molar-refractivity contribution in [3.05, 3.63) is 40.9 Å². The number of carbonyl (C=O) groups is 1. The van der Waals surface area contributed by atoms with E-state index in [1.54, 1.807) is 12.3 Å². The molecule has 0 radical (unpaired) electrons. The molecule has 162 valence electrons. The minimum Gasteiger partial charge on any atom is -0.357 e. The number of nitrogens with zero attached hydrogens (tertiary/aromatic N) is 3. The topological polar surface area (TPSA) is 82.6 Å². The number of pyridine rings is 1. The maximum absolute atomic E-state index is 12.9. The van der Waals surface area contributed by atoms with Crippen LogP contribution in [0.5, 0.6) is 0 Å². The second-order valence-corrected chi connectivity index (χ2v) is 11.5. The molecule has 30 heavy (non-hydrogen) atoms. The van der Waals surface area contributed by atoms with E-state index in [-0.39, 0.29) is 18.4 Å². The molecule has 7 nitrogen and oxygen atoms in total. The number of amides is 1. The number of sulfonamides is 1. The van der Waals surface area contributed by atoms with E-state index in [4.69, 9.17) is 0 Å². The number of hydrogen-bond donors (Lipinski definition) is 1. The summed E-state index contributed by atoms with van der Waals surface area (Å²) in [7, 11) is -3.53. The molecule has 9 heteroatoms. The fraction of sp³-hybridized carbons (Fsp3) is 0.524. The Morgan fingerprint density at radius 1 is 1.20 bits per heavy atom. The molecular formula is C21H28N4O3S2. The van der Waals surface area contributed by atoms with Gasteiger partial charge < -0.3 is 10.2 Å². The number of aromatic nitrogens is 1. The van der Waals surface area contributed by atoms with E-state index in [1.807, 2.05) is 25.1 Å². The molecule has 2 aliphatic rings. The molecule has 2 aromatic rings. The van der Waals surface area contributed by atoms with Gasteiger partial charge in [0.1, 0.15) is 10.0 Å². The molecule has 4 rings (SSSR count). The Hall–Kier alpha value is -1.97. The van der Waals surface area contributed by atoms with Crippen LogP contribution in [0.15, 0.2) is 34.7 Å². The van der Waals surface area contributed by atoms with Gasteiger partial charge >= 0.3 is 0 Å². The van der Waals surface area contributed by atoms with Crippen LogP contribution in [0.2, 0.25) is 0 Å². The Labute approximate surface area is 182 Å². The van der Waals surface area contributed by atoms with Crippen LogP contribution in [0.1, 0.15) is 36.1 Å². The van der Waals surface area contributed by atoms with Gasteiger partial charge in [0, 0.05) is 43.8 Å². The van der Waals surface area contributed by atoms with E-state index < -0.39 is 10.0 Å². The zero-order chi connectivity index (χ0) is 21.1. The Kier molecular flexibility index (Phi) is 6.40. The van der Waals surface area contributed by atoms with Crippen molar-refractivity contribution in [3.8, 4) is 0 Å². The first-order chi connectivity index (χ1) is 14.4. The molecule has 0 aliphatic carbocycles. The first kappa shape index (κ1) is 21.3. The molecule has 0 spiro atoms. The second-order valence-electron chi connectivity index (χ2n) is 8.00. The highest BCUT2D eigenvalue weighted by molar-refractivity contribution is 7.91. The van der Waals surface area contributed by atoms with Gasteiger partial charge in [-0.25, -0.2) is 13.4 Å². The summed E-state index contributed by atoms with van der Waals surface area (Å²) in [5.41, 5.74) is 1.01. The zero-order valence-electron chi connectivity index (χ0n) is 17.2. The van der Waals surface area contributed by atoms with Crippen LogP contribution in [-0.4, -0.2) is 49.8 Å². The molecule has 1 atom stereocenters. The minimum absolute atomic E-state index is 0.0863. The predicted octanol–water partition coefficient (Wildman–Crippen LogP) is 2.77. The van der Waals surface area contributed by atoms with Crippen LogP contribution < -0.4 is 10.2 Å². The van der Waals surface area contributed by atoms with E-state index in [1.165, 1.54) is 28.5 Å². The summed E-state index contributed by atoms with van der Waals surface area (Å²) in [6.45, 7) is 5.07. The number of piperidine rings is 1. The van der Waals surface area contributed by atoms with E-state index >= 15 is 0 Å². The van der Waals surface area contributed by atoms with Crippen molar-refractivity contribution in [1.82, 2.24) is 14.6 Å². The van der Waals surface area contributed by atoms with E-state index in [9.17, 15) is 13.2 Å². The van der Waals surface area contributed by atoms with Gasteiger partial charge in [-0.15, -0.1) is 11.3 Å². The third-order valence-electron chi connectivity index (χ3n) is 5.77. The maximum Gasteiger partial charge on any atom is 0.252 e. The molecule has 2 aliphatic heterocycles. The number of anilines is 1. The molecule has 2 fully saturated rings. The number of hydrogen-bond acceptors (Lipinski definition) is 6. The molecule has 1 amide bonds. The van der Waals surface area contributed by atoms with Crippen molar-refractivity contribution in [3.63, 3.8) is 0 Å². The van der Waals surface area contributed by atoms with Gasteiger partial charge in [0.05, 0.1) is 5.92 Å². The highest BCUT2D eigenvalue weighted by atomic mass is 32.2. The van der Waals surface area contributed by atoms with Gasteiger partial charge in [-0.3, -0.25) is 4.79 Å². The number of nitrogens with one attached hydrogen (secondary N) is 1. The monoisotopic (exact) mass is 448 g/mol. The summed E-state index contributed by atoms with van der Waals surface area (Å²) in [5, 5.41) is 3.00.